The van der Waals surface area contributed by atoms with E-state index in [1.807, 2.05) is 10.6 Å². The van der Waals surface area contributed by atoms with Crippen molar-refractivity contribution >= 4 is 35.5 Å². The van der Waals surface area contributed by atoms with Crippen molar-refractivity contribution in [2.24, 2.45) is 0 Å². The van der Waals surface area contributed by atoms with Crippen LogP contribution in [-0.2, 0) is 0 Å². The Bertz CT molecular complexity index is 599. The molecule has 1 N–H and O–H groups in total. The fourth-order valence-electron chi connectivity index (χ4n) is 3.64. The summed E-state index contributed by atoms with van der Waals surface area (Å²) in [4.78, 5) is 8.42. The van der Waals surface area contributed by atoms with E-state index in [1.54, 1.807) is 6.33 Å². The first-order chi connectivity index (χ1) is 9.80. The summed E-state index contributed by atoms with van der Waals surface area (Å²) in [6, 6.07) is 4.07. The molecule has 0 atom stereocenters. The Morgan fingerprint density at radius 1 is 1.05 bits per heavy atom. The molecule has 0 fully saturated rings. The second-order valence-electron chi connectivity index (χ2n) is 6.58. The zero-order valence-corrected chi connectivity index (χ0v) is 16.3. The SMILES string of the molecule is CC(C)[Si](Nc1ncnn2c(Br)ccc12)(C(C)C)C(C)C. The molecule has 0 aliphatic carbocycles. The van der Waals surface area contributed by atoms with Crippen LogP contribution in [0, 0.1) is 0 Å². The minimum atomic E-state index is -1.75. The average molecular weight is 369 g/mol. The maximum Gasteiger partial charge on any atom is 0.162 e. The lowest BCUT2D eigenvalue weighted by Gasteiger charge is -2.43. The summed E-state index contributed by atoms with van der Waals surface area (Å²) in [5, 5.41) is 4.30. The molecule has 0 saturated carbocycles. The molecule has 2 aromatic rings. The summed E-state index contributed by atoms with van der Waals surface area (Å²) in [6.45, 7) is 14.0. The second-order valence-corrected chi connectivity index (χ2v) is 13.0. The second kappa shape index (κ2) is 6.08. The normalized spacial score (nSPS) is 12.9. The lowest BCUT2D eigenvalue weighted by Crippen LogP contribution is -2.52. The minimum absolute atomic E-state index is 0.630. The molecule has 0 aromatic carbocycles. The van der Waals surface area contributed by atoms with Crippen LogP contribution in [0.3, 0.4) is 0 Å². The maximum atomic E-state index is 4.52. The summed E-state index contributed by atoms with van der Waals surface area (Å²) >= 11 is 3.52. The van der Waals surface area contributed by atoms with E-state index in [4.69, 9.17) is 0 Å². The summed E-state index contributed by atoms with van der Waals surface area (Å²) in [6.07, 6.45) is 1.63. The molecule has 4 nitrogen and oxygen atoms in total. The van der Waals surface area contributed by atoms with Crippen LogP contribution in [0.2, 0.25) is 16.6 Å². The van der Waals surface area contributed by atoms with Crippen LogP contribution in [0.1, 0.15) is 41.5 Å². The zero-order valence-electron chi connectivity index (χ0n) is 13.7. The smallest absolute Gasteiger partial charge is 0.162 e. The highest BCUT2D eigenvalue weighted by molar-refractivity contribution is 9.10. The zero-order chi connectivity index (χ0) is 15.8. The van der Waals surface area contributed by atoms with Gasteiger partial charge in [0.1, 0.15) is 22.3 Å². The van der Waals surface area contributed by atoms with Gasteiger partial charge in [0.2, 0.25) is 0 Å². The van der Waals surface area contributed by atoms with Gasteiger partial charge in [-0.1, -0.05) is 41.5 Å². The molecule has 0 amide bonds. The predicted molar refractivity (Wildman–Crippen MR) is 95.4 cm³/mol. The Kier molecular flexibility index (Phi) is 4.78. The highest BCUT2D eigenvalue weighted by Crippen LogP contribution is 2.42. The van der Waals surface area contributed by atoms with E-state index in [-0.39, 0.29) is 0 Å². The van der Waals surface area contributed by atoms with Crippen LogP contribution in [0.15, 0.2) is 23.1 Å². The summed E-state index contributed by atoms with van der Waals surface area (Å²) in [7, 11) is -1.75. The van der Waals surface area contributed by atoms with Gasteiger partial charge in [0, 0.05) is 0 Å². The van der Waals surface area contributed by atoms with Crippen molar-refractivity contribution in [3.8, 4) is 0 Å². The van der Waals surface area contributed by atoms with Crippen molar-refractivity contribution in [2.75, 3.05) is 4.98 Å². The van der Waals surface area contributed by atoms with Gasteiger partial charge in [0.25, 0.3) is 0 Å². The first-order valence-electron chi connectivity index (χ1n) is 7.57. The Morgan fingerprint density at radius 2 is 1.62 bits per heavy atom. The van der Waals surface area contributed by atoms with Crippen LogP contribution in [0.25, 0.3) is 5.52 Å². The monoisotopic (exact) mass is 368 g/mol. The van der Waals surface area contributed by atoms with Crippen molar-refractivity contribution in [1.29, 1.82) is 0 Å². The van der Waals surface area contributed by atoms with Gasteiger partial charge in [-0.15, -0.1) is 0 Å². The molecule has 21 heavy (non-hydrogen) atoms. The summed E-state index contributed by atoms with van der Waals surface area (Å²) in [5.74, 6) is 0.957. The molecule has 0 aliphatic heterocycles. The van der Waals surface area contributed by atoms with Gasteiger partial charge in [-0.2, -0.15) is 5.10 Å². The van der Waals surface area contributed by atoms with Gasteiger partial charge in [-0.05, 0) is 44.7 Å². The van der Waals surface area contributed by atoms with E-state index in [2.05, 4.69) is 78.6 Å². The van der Waals surface area contributed by atoms with E-state index >= 15 is 0 Å². The average Bonchev–Trinajstić information content (AvgIpc) is 2.77. The van der Waals surface area contributed by atoms with Crippen molar-refractivity contribution < 1.29 is 0 Å². The third-order valence-electron chi connectivity index (χ3n) is 4.61. The van der Waals surface area contributed by atoms with E-state index in [0.717, 1.165) is 15.9 Å². The van der Waals surface area contributed by atoms with E-state index in [9.17, 15) is 0 Å². The molecule has 0 bridgehead atoms. The van der Waals surface area contributed by atoms with Gasteiger partial charge in [-0.25, -0.2) is 9.50 Å². The van der Waals surface area contributed by atoms with Crippen molar-refractivity contribution in [3.63, 3.8) is 0 Å². The van der Waals surface area contributed by atoms with Crippen LogP contribution in [-0.4, -0.2) is 22.8 Å². The number of fused-ring (bicyclic) bond motifs is 1. The number of hydrogen-bond acceptors (Lipinski definition) is 3. The molecule has 2 heterocycles. The van der Waals surface area contributed by atoms with Gasteiger partial charge >= 0.3 is 0 Å². The standard InChI is InChI=1S/C15H25BrN4Si/c1-10(2)21(11(3)4,12(5)6)19-15-13-7-8-14(16)20(13)18-9-17-15/h7-12H,1-6H3,(H,17,18,19). The topological polar surface area (TPSA) is 42.2 Å². The molecule has 0 saturated heterocycles. The maximum absolute atomic E-state index is 4.52. The molecule has 0 spiro atoms. The number of nitrogens with one attached hydrogen (secondary N) is 1. The number of anilines is 1. The van der Waals surface area contributed by atoms with Crippen LogP contribution in [0.4, 0.5) is 5.82 Å². The number of nitrogens with zero attached hydrogens (tertiary/aromatic N) is 3. The third-order valence-corrected chi connectivity index (χ3v) is 11.6. The van der Waals surface area contributed by atoms with Crippen LogP contribution in [0.5, 0.6) is 0 Å². The number of aromatic nitrogens is 3. The van der Waals surface area contributed by atoms with E-state index < -0.39 is 8.24 Å². The Morgan fingerprint density at radius 3 is 2.14 bits per heavy atom. The van der Waals surface area contributed by atoms with Gasteiger partial charge in [0.05, 0.1) is 0 Å². The van der Waals surface area contributed by atoms with Crippen LogP contribution < -0.4 is 4.98 Å². The van der Waals surface area contributed by atoms with Gasteiger partial charge < -0.3 is 4.98 Å². The summed E-state index contributed by atoms with van der Waals surface area (Å²) < 4.78 is 2.84. The number of halogens is 1. The minimum Gasteiger partial charge on any atom is -0.393 e. The van der Waals surface area contributed by atoms with Gasteiger partial charge in [-0.3, -0.25) is 0 Å². The molecule has 0 unspecified atom stereocenters. The Balaban J connectivity index is 2.53. The molecule has 2 aromatic heterocycles. The van der Waals surface area contributed by atoms with Crippen molar-refractivity contribution in [2.45, 2.75) is 58.2 Å². The molecule has 0 aliphatic rings. The first kappa shape index (κ1) is 16.5. The fraction of sp³-hybridized carbons (Fsp3) is 0.600. The molecular formula is C15H25BrN4Si. The summed E-state index contributed by atoms with van der Waals surface area (Å²) in [5.41, 5.74) is 2.92. The highest BCUT2D eigenvalue weighted by atomic mass is 79.9. The lowest BCUT2D eigenvalue weighted by molar-refractivity contribution is 0.817. The Hall–Kier alpha value is -0.883. The number of rotatable bonds is 5. The molecule has 2 rings (SSSR count). The highest BCUT2D eigenvalue weighted by Gasteiger charge is 2.44. The predicted octanol–water partition coefficient (Wildman–Crippen LogP) is 5.08. The fourth-order valence-corrected chi connectivity index (χ4v) is 9.52. The molecule has 116 valence electrons. The third kappa shape index (κ3) is 2.75. The van der Waals surface area contributed by atoms with Gasteiger partial charge in [0.15, 0.2) is 8.24 Å². The molecule has 0 radical (unpaired) electrons. The van der Waals surface area contributed by atoms with Crippen molar-refractivity contribution in [3.05, 3.63) is 23.1 Å². The lowest BCUT2D eigenvalue weighted by atomic mass is 10.5. The van der Waals surface area contributed by atoms with Crippen LogP contribution >= 0.6 is 15.9 Å². The van der Waals surface area contributed by atoms with E-state index in [1.165, 1.54) is 0 Å². The van der Waals surface area contributed by atoms with Crippen molar-refractivity contribution in [1.82, 2.24) is 14.6 Å². The number of hydrogen-bond donors (Lipinski definition) is 1. The molecular weight excluding hydrogens is 344 g/mol. The van der Waals surface area contributed by atoms with E-state index in [0.29, 0.717) is 16.6 Å². The Labute approximate surface area is 136 Å². The largest absolute Gasteiger partial charge is 0.393 e. The molecule has 6 heteroatoms. The first-order valence-corrected chi connectivity index (χ1v) is 10.6. The quantitative estimate of drug-likeness (QED) is 0.748.